The van der Waals surface area contributed by atoms with Crippen molar-refractivity contribution in [3.63, 3.8) is 0 Å². The zero-order valence-corrected chi connectivity index (χ0v) is 22.4. The average Bonchev–Trinajstić information content (AvgIpc) is 2.87. The molecule has 0 radical (unpaired) electrons. The molecule has 1 saturated heterocycles. The Morgan fingerprint density at radius 1 is 1.14 bits per heavy atom. The van der Waals surface area contributed by atoms with Crippen LogP contribution in [0.15, 0.2) is 77.8 Å². The van der Waals surface area contributed by atoms with Crippen molar-refractivity contribution in [1.29, 1.82) is 0 Å². The fourth-order valence-electron chi connectivity index (χ4n) is 3.53. The highest BCUT2D eigenvalue weighted by Gasteiger charge is 2.36. The van der Waals surface area contributed by atoms with Gasteiger partial charge in [-0.1, -0.05) is 30.0 Å². The highest BCUT2D eigenvalue weighted by molar-refractivity contribution is 14.1. The van der Waals surface area contributed by atoms with Crippen LogP contribution in [0.3, 0.4) is 0 Å². The highest BCUT2D eigenvalue weighted by Crippen LogP contribution is 2.34. The van der Waals surface area contributed by atoms with Crippen LogP contribution in [0.25, 0.3) is 0 Å². The van der Waals surface area contributed by atoms with Crippen LogP contribution in [0, 0.1) is 3.57 Å². The van der Waals surface area contributed by atoms with Gasteiger partial charge in [0, 0.05) is 15.7 Å². The molecule has 2 amide bonds. The lowest BCUT2D eigenvalue weighted by atomic mass is 10.2. The van der Waals surface area contributed by atoms with Crippen molar-refractivity contribution in [1.82, 2.24) is 4.90 Å². The minimum absolute atomic E-state index is 0.0311. The van der Waals surface area contributed by atoms with E-state index in [-0.39, 0.29) is 35.6 Å². The maximum Gasteiger partial charge on any atom is 0.416 e. The lowest BCUT2D eigenvalue weighted by Crippen LogP contribution is -2.44. The first-order chi connectivity index (χ1) is 17.6. The molecule has 192 valence electrons. The van der Waals surface area contributed by atoms with Crippen LogP contribution in [0.4, 0.5) is 24.5 Å². The zero-order chi connectivity index (χ0) is 26.6. The number of hydrogen-bond donors (Lipinski definition) is 1. The second-order valence-electron chi connectivity index (χ2n) is 8.08. The van der Waals surface area contributed by atoms with Crippen LogP contribution >= 0.6 is 34.4 Å². The van der Waals surface area contributed by atoms with Gasteiger partial charge < -0.3 is 10.1 Å². The molecule has 1 unspecified atom stereocenters. The Balaban J connectivity index is 1.63. The number of nitrogens with zero attached hydrogens (tertiary/aromatic N) is 2. The predicted molar refractivity (Wildman–Crippen MR) is 146 cm³/mol. The number of methoxy groups -OCH3 is 1. The minimum Gasteiger partial charge on any atom is -0.497 e. The van der Waals surface area contributed by atoms with E-state index in [4.69, 9.17) is 4.74 Å². The number of amides is 2. The van der Waals surface area contributed by atoms with Gasteiger partial charge in [-0.15, -0.1) is 0 Å². The Labute approximate surface area is 229 Å². The largest absolute Gasteiger partial charge is 0.497 e. The molecule has 1 heterocycles. The second kappa shape index (κ2) is 11.5. The molecule has 0 bridgehead atoms. The number of nitrogens with one attached hydrogen (secondary N) is 1. The Kier molecular flexibility index (Phi) is 8.42. The third-order valence-electron chi connectivity index (χ3n) is 5.44. The number of anilines is 1. The zero-order valence-electron chi connectivity index (χ0n) is 19.5. The van der Waals surface area contributed by atoms with E-state index in [2.05, 4.69) is 32.9 Å². The van der Waals surface area contributed by atoms with Crippen molar-refractivity contribution in [3.05, 3.63) is 87.5 Å². The van der Waals surface area contributed by atoms with Crippen molar-refractivity contribution >= 4 is 62.7 Å². The van der Waals surface area contributed by atoms with Gasteiger partial charge >= 0.3 is 6.18 Å². The quantitative estimate of drug-likeness (QED) is 0.314. The molecule has 4 rings (SSSR count). The molecule has 1 fully saturated rings. The molecule has 3 aromatic rings. The van der Waals surface area contributed by atoms with Crippen LogP contribution in [0.5, 0.6) is 5.75 Å². The number of carbonyl (C=O) groups is 2. The van der Waals surface area contributed by atoms with Gasteiger partial charge in [-0.3, -0.25) is 14.5 Å². The molecular weight excluding hydrogens is 618 g/mol. The summed E-state index contributed by atoms with van der Waals surface area (Å²) in [6.45, 7) is 0.138. The topological polar surface area (TPSA) is 71.0 Å². The van der Waals surface area contributed by atoms with Crippen LogP contribution in [-0.2, 0) is 22.3 Å². The summed E-state index contributed by atoms with van der Waals surface area (Å²) in [5.41, 5.74) is 0.531. The molecule has 0 aromatic heterocycles. The maximum absolute atomic E-state index is 13.3. The SMILES string of the molecule is COc1ccc(CN2C(=O)CC(C(=O)Nc3ccc(I)cc3)SC2=Nc2cccc(C(F)(F)F)c2)cc1. The summed E-state index contributed by atoms with van der Waals surface area (Å²) in [4.78, 5) is 32.0. The Hall–Kier alpha value is -3.06. The lowest BCUT2D eigenvalue weighted by Gasteiger charge is -2.32. The van der Waals surface area contributed by atoms with E-state index in [1.54, 1.807) is 43.5 Å². The molecule has 1 N–H and O–H groups in total. The van der Waals surface area contributed by atoms with Gasteiger partial charge in [0.05, 0.1) is 24.9 Å². The monoisotopic (exact) mass is 639 g/mol. The standard InChI is InChI=1S/C26H21F3IN3O3S/c1-36-21-11-5-16(6-12-21)15-33-23(34)14-22(24(35)31-19-9-7-18(30)8-10-19)37-25(33)32-20-4-2-3-17(13-20)26(27,28)29/h2-13,22H,14-15H2,1H3,(H,31,35). The Morgan fingerprint density at radius 2 is 1.84 bits per heavy atom. The second-order valence-corrected chi connectivity index (χ2v) is 10.5. The van der Waals surface area contributed by atoms with Gasteiger partial charge in [-0.05, 0) is 82.8 Å². The molecular formula is C26H21F3IN3O3S. The molecule has 1 aliphatic rings. The smallest absolute Gasteiger partial charge is 0.416 e. The van der Waals surface area contributed by atoms with Gasteiger partial charge in [0.15, 0.2) is 5.17 Å². The van der Waals surface area contributed by atoms with E-state index in [1.807, 2.05) is 12.1 Å². The van der Waals surface area contributed by atoms with Crippen LogP contribution in [0.1, 0.15) is 17.5 Å². The number of aliphatic imine (C=N–C) groups is 1. The van der Waals surface area contributed by atoms with Crippen molar-refractivity contribution in [2.75, 3.05) is 12.4 Å². The van der Waals surface area contributed by atoms with Crippen LogP contribution < -0.4 is 10.1 Å². The number of amidine groups is 1. The number of hydrogen-bond acceptors (Lipinski definition) is 5. The van der Waals surface area contributed by atoms with Gasteiger partial charge in [-0.2, -0.15) is 13.2 Å². The normalized spacial score (nSPS) is 17.1. The molecule has 37 heavy (non-hydrogen) atoms. The summed E-state index contributed by atoms with van der Waals surface area (Å²) in [7, 11) is 1.54. The fraction of sp³-hybridized carbons (Fsp3) is 0.192. The number of thioether (sulfide) groups is 1. The molecule has 0 spiro atoms. The molecule has 0 aliphatic carbocycles. The maximum atomic E-state index is 13.3. The Bertz CT molecular complexity index is 1320. The number of carbonyl (C=O) groups excluding carboxylic acids is 2. The third-order valence-corrected chi connectivity index (χ3v) is 7.35. The first kappa shape index (κ1) is 27.0. The summed E-state index contributed by atoms with van der Waals surface area (Å²) in [6.07, 6.45) is -4.62. The molecule has 3 aromatic carbocycles. The van der Waals surface area contributed by atoms with Crippen molar-refractivity contribution < 1.29 is 27.5 Å². The molecule has 1 aliphatic heterocycles. The highest BCUT2D eigenvalue weighted by atomic mass is 127. The van der Waals surface area contributed by atoms with Gasteiger partial charge in [0.25, 0.3) is 0 Å². The number of ether oxygens (including phenoxy) is 1. The minimum atomic E-state index is -4.54. The van der Waals surface area contributed by atoms with Crippen molar-refractivity contribution in [2.24, 2.45) is 4.99 Å². The van der Waals surface area contributed by atoms with E-state index in [0.29, 0.717) is 11.4 Å². The van der Waals surface area contributed by atoms with Crippen LogP contribution in [-0.4, -0.2) is 34.2 Å². The number of benzene rings is 3. The fourth-order valence-corrected chi connectivity index (χ4v) is 4.99. The summed E-state index contributed by atoms with van der Waals surface area (Å²) in [6, 6.07) is 18.8. The summed E-state index contributed by atoms with van der Waals surface area (Å²) < 4.78 is 45.9. The van der Waals surface area contributed by atoms with E-state index in [9.17, 15) is 22.8 Å². The first-order valence-corrected chi connectivity index (χ1v) is 13.0. The number of rotatable bonds is 6. The van der Waals surface area contributed by atoms with E-state index < -0.39 is 17.0 Å². The van der Waals surface area contributed by atoms with Gasteiger partial charge in [0.1, 0.15) is 11.0 Å². The van der Waals surface area contributed by atoms with Gasteiger partial charge in [0.2, 0.25) is 11.8 Å². The van der Waals surface area contributed by atoms with Crippen LogP contribution in [0.2, 0.25) is 0 Å². The van der Waals surface area contributed by atoms with E-state index >= 15 is 0 Å². The molecule has 0 saturated carbocycles. The molecule has 6 nitrogen and oxygen atoms in total. The number of halogens is 4. The number of alkyl halides is 3. The average molecular weight is 639 g/mol. The van der Waals surface area contributed by atoms with Crippen molar-refractivity contribution in [2.45, 2.75) is 24.4 Å². The predicted octanol–water partition coefficient (Wildman–Crippen LogP) is 6.48. The third kappa shape index (κ3) is 7.04. The molecule has 1 atom stereocenters. The van der Waals surface area contributed by atoms with Crippen molar-refractivity contribution in [3.8, 4) is 5.75 Å². The van der Waals surface area contributed by atoms with Gasteiger partial charge in [-0.25, -0.2) is 4.99 Å². The van der Waals surface area contributed by atoms with E-state index in [1.165, 1.54) is 17.0 Å². The lowest BCUT2D eigenvalue weighted by molar-refractivity contribution is -0.137. The first-order valence-electron chi connectivity index (χ1n) is 11.0. The summed E-state index contributed by atoms with van der Waals surface area (Å²) >= 11 is 3.20. The van der Waals surface area contributed by atoms with E-state index in [0.717, 1.165) is 33.0 Å². The molecule has 11 heteroatoms. The summed E-state index contributed by atoms with van der Waals surface area (Å²) in [5.74, 6) is -0.100. The Morgan fingerprint density at radius 3 is 2.49 bits per heavy atom. The summed E-state index contributed by atoms with van der Waals surface area (Å²) in [5, 5.41) is 2.14.